The minimum absolute atomic E-state index is 0.229. The highest BCUT2D eigenvalue weighted by molar-refractivity contribution is 9.10. The van der Waals surface area contributed by atoms with Crippen LogP contribution in [0.2, 0.25) is 0 Å². The summed E-state index contributed by atoms with van der Waals surface area (Å²) in [6, 6.07) is 3.38. The van der Waals surface area contributed by atoms with Gasteiger partial charge in [-0.2, -0.15) is 5.10 Å². The molecule has 0 radical (unpaired) electrons. The van der Waals surface area contributed by atoms with E-state index in [1.807, 2.05) is 6.92 Å². The van der Waals surface area contributed by atoms with Crippen molar-refractivity contribution in [2.24, 2.45) is 16.4 Å². The molecule has 0 aliphatic heterocycles. The van der Waals surface area contributed by atoms with Gasteiger partial charge >= 0.3 is 0 Å². The van der Waals surface area contributed by atoms with E-state index in [4.69, 9.17) is 9.47 Å². The number of halogens is 1. The van der Waals surface area contributed by atoms with E-state index in [0.29, 0.717) is 34.1 Å². The lowest BCUT2D eigenvalue weighted by atomic mass is 9.72. The summed E-state index contributed by atoms with van der Waals surface area (Å²) in [4.78, 5) is 12.5. The molecule has 2 rings (SSSR count). The predicted molar refractivity (Wildman–Crippen MR) is 104 cm³/mol. The van der Waals surface area contributed by atoms with E-state index in [9.17, 15) is 4.79 Å². The van der Waals surface area contributed by atoms with Crippen molar-refractivity contribution < 1.29 is 14.3 Å². The number of nitrogens with zero attached hydrogens (tertiary/aromatic N) is 1. The SMILES string of the molecule is CCOc1c(Br)cc(C(=O)N/N=C2/C[C@H](C)CC(C)(C)C2)cc1OC. The smallest absolute Gasteiger partial charge is 0.271 e. The van der Waals surface area contributed by atoms with Crippen molar-refractivity contribution >= 4 is 27.5 Å². The Labute approximate surface area is 158 Å². The Morgan fingerprint density at radius 1 is 1.44 bits per heavy atom. The summed E-state index contributed by atoms with van der Waals surface area (Å²) < 4.78 is 11.6. The Morgan fingerprint density at radius 2 is 2.16 bits per heavy atom. The zero-order valence-electron chi connectivity index (χ0n) is 15.6. The molecule has 1 N–H and O–H groups in total. The quantitative estimate of drug-likeness (QED) is 0.709. The molecular formula is C19H27BrN2O3. The number of hydrogen-bond donors (Lipinski definition) is 1. The number of hydrogen-bond acceptors (Lipinski definition) is 4. The molecule has 1 aromatic carbocycles. The monoisotopic (exact) mass is 410 g/mol. The van der Waals surface area contributed by atoms with Crippen molar-refractivity contribution in [3.63, 3.8) is 0 Å². The summed E-state index contributed by atoms with van der Waals surface area (Å²) in [5.41, 5.74) is 4.44. The van der Waals surface area contributed by atoms with Crippen LogP contribution in [0.4, 0.5) is 0 Å². The lowest BCUT2D eigenvalue weighted by molar-refractivity contribution is 0.0953. The van der Waals surface area contributed by atoms with Gasteiger partial charge in [-0.05, 0) is 65.6 Å². The number of hydrazone groups is 1. The molecule has 0 bridgehead atoms. The topological polar surface area (TPSA) is 59.9 Å². The van der Waals surface area contributed by atoms with Gasteiger partial charge in [-0.25, -0.2) is 5.43 Å². The molecule has 1 fully saturated rings. The molecule has 0 heterocycles. The van der Waals surface area contributed by atoms with Gasteiger partial charge in [0.25, 0.3) is 5.91 Å². The van der Waals surface area contributed by atoms with Gasteiger partial charge in [-0.15, -0.1) is 0 Å². The molecular weight excluding hydrogens is 384 g/mol. The molecule has 1 amide bonds. The molecule has 1 aliphatic rings. The Kier molecular flexibility index (Phi) is 6.49. The highest BCUT2D eigenvalue weighted by atomic mass is 79.9. The average Bonchev–Trinajstić information content (AvgIpc) is 2.52. The number of carbonyl (C=O) groups excluding carboxylic acids is 1. The summed E-state index contributed by atoms with van der Waals surface area (Å²) in [6.07, 6.45) is 3.02. The second-order valence-electron chi connectivity index (χ2n) is 7.40. The highest BCUT2D eigenvalue weighted by Crippen LogP contribution is 2.38. The number of methoxy groups -OCH3 is 1. The molecule has 1 atom stereocenters. The normalized spacial score (nSPS) is 21.0. The molecule has 1 saturated carbocycles. The van der Waals surface area contributed by atoms with Crippen LogP contribution in [0.15, 0.2) is 21.7 Å². The Balaban J connectivity index is 2.15. The molecule has 1 aliphatic carbocycles. The van der Waals surface area contributed by atoms with Crippen LogP contribution < -0.4 is 14.9 Å². The van der Waals surface area contributed by atoms with Crippen LogP contribution in [0.3, 0.4) is 0 Å². The largest absolute Gasteiger partial charge is 0.493 e. The van der Waals surface area contributed by atoms with Crippen LogP contribution in [0.5, 0.6) is 11.5 Å². The Morgan fingerprint density at radius 3 is 2.76 bits per heavy atom. The summed E-state index contributed by atoms with van der Waals surface area (Å²) in [6.45, 7) is 9.13. The van der Waals surface area contributed by atoms with E-state index >= 15 is 0 Å². The molecule has 0 unspecified atom stereocenters. The molecule has 0 saturated heterocycles. The fourth-order valence-electron chi connectivity index (χ4n) is 3.53. The van der Waals surface area contributed by atoms with Gasteiger partial charge in [0, 0.05) is 11.3 Å². The van der Waals surface area contributed by atoms with E-state index < -0.39 is 0 Å². The van der Waals surface area contributed by atoms with Crippen LogP contribution in [-0.2, 0) is 0 Å². The number of nitrogens with one attached hydrogen (secondary N) is 1. The first-order chi connectivity index (χ1) is 11.8. The number of ether oxygens (including phenoxy) is 2. The van der Waals surface area contributed by atoms with E-state index in [-0.39, 0.29) is 11.3 Å². The van der Waals surface area contributed by atoms with E-state index in [0.717, 1.165) is 18.6 Å². The van der Waals surface area contributed by atoms with Crippen LogP contribution in [-0.4, -0.2) is 25.3 Å². The number of benzene rings is 1. The van der Waals surface area contributed by atoms with E-state index in [1.54, 1.807) is 19.2 Å². The Hall–Kier alpha value is -1.56. The van der Waals surface area contributed by atoms with Crippen molar-refractivity contribution in [2.45, 2.75) is 47.0 Å². The van der Waals surface area contributed by atoms with Crippen molar-refractivity contribution in [1.29, 1.82) is 0 Å². The maximum absolute atomic E-state index is 12.5. The molecule has 6 heteroatoms. The van der Waals surface area contributed by atoms with Gasteiger partial charge in [-0.3, -0.25) is 4.79 Å². The molecule has 25 heavy (non-hydrogen) atoms. The lowest BCUT2D eigenvalue weighted by Gasteiger charge is -2.34. The highest BCUT2D eigenvalue weighted by Gasteiger charge is 2.29. The van der Waals surface area contributed by atoms with E-state index in [2.05, 4.69) is 47.2 Å². The second kappa shape index (κ2) is 8.21. The van der Waals surface area contributed by atoms with Gasteiger partial charge in [0.1, 0.15) is 0 Å². The van der Waals surface area contributed by atoms with Crippen LogP contribution in [0.1, 0.15) is 57.3 Å². The third kappa shape index (κ3) is 5.21. The van der Waals surface area contributed by atoms with Crippen molar-refractivity contribution in [1.82, 2.24) is 5.43 Å². The predicted octanol–water partition coefficient (Wildman–Crippen LogP) is 4.79. The first kappa shape index (κ1) is 19.8. The summed E-state index contributed by atoms with van der Waals surface area (Å²) in [5, 5.41) is 4.38. The number of rotatable bonds is 5. The average molecular weight is 411 g/mol. The number of amides is 1. The first-order valence-electron chi connectivity index (χ1n) is 8.62. The number of carbonyl (C=O) groups is 1. The summed E-state index contributed by atoms with van der Waals surface area (Å²) >= 11 is 3.44. The zero-order chi connectivity index (χ0) is 18.6. The van der Waals surface area contributed by atoms with Gasteiger partial charge in [-0.1, -0.05) is 20.8 Å². The van der Waals surface area contributed by atoms with Crippen molar-refractivity contribution in [3.8, 4) is 11.5 Å². The fourth-order valence-corrected chi connectivity index (χ4v) is 4.09. The maximum atomic E-state index is 12.5. The second-order valence-corrected chi connectivity index (χ2v) is 8.25. The maximum Gasteiger partial charge on any atom is 0.271 e. The zero-order valence-corrected chi connectivity index (χ0v) is 17.2. The summed E-state index contributed by atoms with van der Waals surface area (Å²) in [5.74, 6) is 1.43. The molecule has 138 valence electrons. The van der Waals surface area contributed by atoms with Crippen molar-refractivity contribution in [3.05, 3.63) is 22.2 Å². The van der Waals surface area contributed by atoms with Gasteiger partial charge < -0.3 is 9.47 Å². The van der Waals surface area contributed by atoms with Crippen LogP contribution in [0.25, 0.3) is 0 Å². The third-order valence-electron chi connectivity index (χ3n) is 4.26. The first-order valence-corrected chi connectivity index (χ1v) is 9.41. The molecule has 0 aromatic heterocycles. The van der Waals surface area contributed by atoms with Gasteiger partial charge in [0.15, 0.2) is 11.5 Å². The van der Waals surface area contributed by atoms with Crippen molar-refractivity contribution in [2.75, 3.05) is 13.7 Å². The molecule has 1 aromatic rings. The minimum Gasteiger partial charge on any atom is -0.493 e. The van der Waals surface area contributed by atoms with Crippen LogP contribution >= 0.6 is 15.9 Å². The fraction of sp³-hybridized carbons (Fsp3) is 0.579. The Bertz CT molecular complexity index is 671. The van der Waals surface area contributed by atoms with Crippen LogP contribution in [0, 0.1) is 11.3 Å². The van der Waals surface area contributed by atoms with Gasteiger partial charge in [0.05, 0.1) is 18.2 Å². The minimum atomic E-state index is -0.259. The third-order valence-corrected chi connectivity index (χ3v) is 4.85. The summed E-state index contributed by atoms with van der Waals surface area (Å²) in [7, 11) is 1.55. The molecule has 0 spiro atoms. The standard InChI is InChI=1S/C19H27BrN2O3/c1-6-25-17-15(20)8-13(9-16(17)24-5)18(23)22-21-14-7-12(2)10-19(3,4)11-14/h8-9,12H,6-7,10-11H2,1-5H3,(H,22,23)/b21-14-/t12-/m0/s1. The van der Waals surface area contributed by atoms with E-state index in [1.165, 1.54) is 6.42 Å². The lowest BCUT2D eigenvalue weighted by Crippen LogP contribution is -2.30. The molecule has 5 nitrogen and oxygen atoms in total. The van der Waals surface area contributed by atoms with Gasteiger partial charge in [0.2, 0.25) is 0 Å².